The summed E-state index contributed by atoms with van der Waals surface area (Å²) in [5, 5.41) is 13.5. The summed E-state index contributed by atoms with van der Waals surface area (Å²) in [5.74, 6) is 0. The molecule has 2 nitrogen and oxygen atoms in total. The fraction of sp³-hybridized carbons (Fsp3) is 0.625. The number of rotatable bonds is 4. The van der Waals surface area contributed by atoms with Gasteiger partial charge in [0.15, 0.2) is 0 Å². The van der Waals surface area contributed by atoms with Crippen molar-refractivity contribution in [3.05, 3.63) is 34.4 Å². The predicted octanol–water partition coefficient (Wildman–Crippen LogP) is 2.90. The number of aliphatic hydroxyl groups is 1. The number of hydrogen-bond acceptors (Lipinski definition) is 2. The Bertz CT molecular complexity index is 381. The fourth-order valence-electron chi connectivity index (χ4n) is 2.26. The molecule has 0 aromatic heterocycles. The zero-order chi connectivity index (χ0) is 13.9. The van der Waals surface area contributed by atoms with Crippen LogP contribution in [0.1, 0.15) is 43.0 Å². The SMILES string of the molecule is Cc1cc(C)c(CC(O)CNC(C)(C)C)c(C)c1. The van der Waals surface area contributed by atoms with Gasteiger partial charge < -0.3 is 10.4 Å². The summed E-state index contributed by atoms with van der Waals surface area (Å²) < 4.78 is 0. The van der Waals surface area contributed by atoms with Crippen molar-refractivity contribution < 1.29 is 5.11 Å². The van der Waals surface area contributed by atoms with Gasteiger partial charge in [-0.15, -0.1) is 0 Å². The summed E-state index contributed by atoms with van der Waals surface area (Å²) in [5.41, 5.74) is 5.18. The Labute approximate surface area is 111 Å². The highest BCUT2D eigenvalue weighted by Gasteiger charge is 2.14. The average molecular weight is 249 g/mol. The molecule has 0 bridgehead atoms. The number of aliphatic hydroxyl groups excluding tert-OH is 1. The lowest BCUT2D eigenvalue weighted by Crippen LogP contribution is -2.41. The van der Waals surface area contributed by atoms with Crippen molar-refractivity contribution >= 4 is 0 Å². The Morgan fingerprint density at radius 2 is 1.61 bits per heavy atom. The lowest BCUT2D eigenvalue weighted by atomic mass is 9.95. The molecule has 18 heavy (non-hydrogen) atoms. The molecule has 0 saturated carbocycles. The van der Waals surface area contributed by atoms with Crippen LogP contribution in [0.4, 0.5) is 0 Å². The van der Waals surface area contributed by atoms with Crippen molar-refractivity contribution in [1.82, 2.24) is 5.32 Å². The van der Waals surface area contributed by atoms with Crippen molar-refractivity contribution in [2.75, 3.05) is 6.54 Å². The normalized spacial score (nSPS) is 13.7. The van der Waals surface area contributed by atoms with E-state index in [1.165, 1.54) is 22.3 Å². The highest BCUT2D eigenvalue weighted by Crippen LogP contribution is 2.18. The van der Waals surface area contributed by atoms with Crippen LogP contribution in [0.3, 0.4) is 0 Å². The fourth-order valence-corrected chi connectivity index (χ4v) is 2.26. The molecule has 0 amide bonds. The van der Waals surface area contributed by atoms with Crippen LogP contribution in [0.5, 0.6) is 0 Å². The van der Waals surface area contributed by atoms with Gasteiger partial charge in [0.1, 0.15) is 0 Å². The summed E-state index contributed by atoms with van der Waals surface area (Å²) in [7, 11) is 0. The van der Waals surface area contributed by atoms with Crippen LogP contribution >= 0.6 is 0 Å². The third-order valence-corrected chi connectivity index (χ3v) is 3.15. The first-order valence-electron chi connectivity index (χ1n) is 6.69. The van der Waals surface area contributed by atoms with Gasteiger partial charge in [0.2, 0.25) is 0 Å². The van der Waals surface area contributed by atoms with E-state index in [2.05, 4.69) is 59.0 Å². The van der Waals surface area contributed by atoms with E-state index in [1.807, 2.05) is 0 Å². The molecule has 2 heteroatoms. The van der Waals surface area contributed by atoms with Crippen LogP contribution in [-0.2, 0) is 6.42 Å². The molecule has 1 atom stereocenters. The molecule has 0 saturated heterocycles. The van der Waals surface area contributed by atoms with Crippen molar-refractivity contribution in [1.29, 1.82) is 0 Å². The molecular formula is C16H27NO. The van der Waals surface area contributed by atoms with Gasteiger partial charge >= 0.3 is 0 Å². The number of β-amino-alcohol motifs (C(OH)–C–C–N with tert-alkyl or cyclic N) is 1. The second-order valence-corrected chi connectivity index (χ2v) is 6.37. The zero-order valence-electron chi connectivity index (χ0n) is 12.6. The van der Waals surface area contributed by atoms with E-state index in [1.54, 1.807) is 0 Å². The molecule has 0 aliphatic carbocycles. The predicted molar refractivity (Wildman–Crippen MR) is 78.1 cm³/mol. The van der Waals surface area contributed by atoms with Gasteiger partial charge in [0.25, 0.3) is 0 Å². The van der Waals surface area contributed by atoms with Crippen LogP contribution in [0.25, 0.3) is 0 Å². The summed E-state index contributed by atoms with van der Waals surface area (Å²) in [6.07, 6.45) is 0.394. The van der Waals surface area contributed by atoms with E-state index in [4.69, 9.17) is 0 Å². The van der Waals surface area contributed by atoms with E-state index < -0.39 is 0 Å². The molecule has 0 aliphatic heterocycles. The molecule has 2 N–H and O–H groups in total. The maximum absolute atomic E-state index is 10.1. The third kappa shape index (κ3) is 4.79. The van der Waals surface area contributed by atoms with Gasteiger partial charge in [-0.3, -0.25) is 0 Å². The van der Waals surface area contributed by atoms with Crippen molar-refractivity contribution in [2.45, 2.75) is 59.6 Å². The third-order valence-electron chi connectivity index (χ3n) is 3.15. The van der Waals surface area contributed by atoms with Crippen LogP contribution in [-0.4, -0.2) is 23.3 Å². The smallest absolute Gasteiger partial charge is 0.0705 e. The first-order chi connectivity index (χ1) is 8.19. The lowest BCUT2D eigenvalue weighted by molar-refractivity contribution is 0.160. The summed E-state index contributed by atoms with van der Waals surface area (Å²) >= 11 is 0. The van der Waals surface area contributed by atoms with Crippen molar-refractivity contribution in [3.63, 3.8) is 0 Å². The second-order valence-electron chi connectivity index (χ2n) is 6.37. The Morgan fingerprint density at radius 1 is 1.11 bits per heavy atom. The van der Waals surface area contributed by atoms with E-state index in [-0.39, 0.29) is 11.6 Å². The Balaban J connectivity index is 2.68. The number of benzene rings is 1. The summed E-state index contributed by atoms with van der Waals surface area (Å²) in [6, 6.07) is 4.37. The van der Waals surface area contributed by atoms with E-state index in [0.717, 1.165) is 6.42 Å². The molecule has 0 radical (unpaired) electrons. The van der Waals surface area contributed by atoms with Gasteiger partial charge in [-0.05, 0) is 58.2 Å². The van der Waals surface area contributed by atoms with Gasteiger partial charge in [0.05, 0.1) is 6.10 Å². The van der Waals surface area contributed by atoms with Gasteiger partial charge in [-0.1, -0.05) is 17.7 Å². The standard InChI is InChI=1S/C16H27NO/c1-11-7-12(2)15(13(3)8-11)9-14(18)10-17-16(4,5)6/h7-8,14,17-18H,9-10H2,1-6H3. The maximum atomic E-state index is 10.1. The minimum Gasteiger partial charge on any atom is -0.391 e. The topological polar surface area (TPSA) is 32.3 Å². The molecule has 1 rings (SSSR count). The molecule has 102 valence electrons. The van der Waals surface area contributed by atoms with Gasteiger partial charge in [0, 0.05) is 18.5 Å². The Kier molecular flexibility index (Phi) is 4.94. The molecule has 0 aliphatic rings. The quantitative estimate of drug-likeness (QED) is 0.860. The van der Waals surface area contributed by atoms with Crippen molar-refractivity contribution in [2.24, 2.45) is 0 Å². The second kappa shape index (κ2) is 5.85. The number of hydrogen-bond donors (Lipinski definition) is 2. The first kappa shape index (κ1) is 15.2. The van der Waals surface area contributed by atoms with Crippen molar-refractivity contribution in [3.8, 4) is 0 Å². The van der Waals surface area contributed by atoms with E-state index in [9.17, 15) is 5.11 Å². The molecule has 1 aromatic rings. The molecule has 0 fully saturated rings. The summed E-state index contributed by atoms with van der Waals surface area (Å²) in [4.78, 5) is 0. The Morgan fingerprint density at radius 3 is 2.06 bits per heavy atom. The molecule has 1 unspecified atom stereocenters. The number of nitrogens with one attached hydrogen (secondary N) is 1. The maximum Gasteiger partial charge on any atom is 0.0705 e. The molecule has 0 heterocycles. The first-order valence-corrected chi connectivity index (χ1v) is 6.69. The Hall–Kier alpha value is -0.860. The van der Waals surface area contributed by atoms with Crippen LogP contribution in [0, 0.1) is 20.8 Å². The molecule has 0 spiro atoms. The van der Waals surface area contributed by atoms with Crippen LogP contribution in [0.2, 0.25) is 0 Å². The van der Waals surface area contributed by atoms with E-state index >= 15 is 0 Å². The molecular weight excluding hydrogens is 222 g/mol. The minimum atomic E-state index is -0.329. The zero-order valence-corrected chi connectivity index (χ0v) is 12.6. The minimum absolute atomic E-state index is 0.0539. The highest BCUT2D eigenvalue weighted by atomic mass is 16.3. The number of aryl methyl sites for hydroxylation is 3. The lowest BCUT2D eigenvalue weighted by Gasteiger charge is -2.23. The average Bonchev–Trinajstić information content (AvgIpc) is 2.19. The molecule has 1 aromatic carbocycles. The van der Waals surface area contributed by atoms with Crippen LogP contribution < -0.4 is 5.32 Å². The monoisotopic (exact) mass is 249 g/mol. The van der Waals surface area contributed by atoms with Gasteiger partial charge in [-0.25, -0.2) is 0 Å². The van der Waals surface area contributed by atoms with Gasteiger partial charge in [-0.2, -0.15) is 0 Å². The summed E-state index contributed by atoms with van der Waals surface area (Å²) in [6.45, 7) is 13.3. The largest absolute Gasteiger partial charge is 0.391 e. The van der Waals surface area contributed by atoms with Crippen LogP contribution in [0.15, 0.2) is 12.1 Å². The highest BCUT2D eigenvalue weighted by molar-refractivity contribution is 5.37. The van der Waals surface area contributed by atoms with E-state index in [0.29, 0.717) is 6.54 Å².